The van der Waals surface area contributed by atoms with Gasteiger partial charge in [-0.3, -0.25) is 9.89 Å². The Morgan fingerprint density at radius 2 is 2.37 bits per heavy atom. The Morgan fingerprint density at radius 3 is 3.00 bits per heavy atom. The minimum absolute atomic E-state index is 0.186. The largest absolute Gasteiger partial charge is 0.382 e. The number of anilines is 2. The summed E-state index contributed by atoms with van der Waals surface area (Å²) in [7, 11) is 0. The predicted octanol–water partition coefficient (Wildman–Crippen LogP) is 0.900. The van der Waals surface area contributed by atoms with Crippen LogP contribution >= 0.6 is 11.5 Å². The zero-order chi connectivity index (χ0) is 13.8. The van der Waals surface area contributed by atoms with Gasteiger partial charge in [-0.25, -0.2) is 0 Å². The zero-order valence-corrected chi connectivity index (χ0v) is 11.4. The SMILES string of the molecule is Cc1[nH]ncc1CCCNc1snc(N)c1C(N)=O. The molecule has 2 aromatic heterocycles. The highest BCUT2D eigenvalue weighted by Gasteiger charge is 2.16. The van der Waals surface area contributed by atoms with E-state index in [1.165, 1.54) is 5.56 Å². The maximum atomic E-state index is 11.2. The molecule has 0 unspecified atom stereocenters. The highest BCUT2D eigenvalue weighted by molar-refractivity contribution is 7.11. The number of nitrogens with two attached hydrogens (primary N) is 2. The molecule has 0 aromatic carbocycles. The molecule has 2 rings (SSSR count). The molecule has 0 radical (unpaired) electrons. The molecule has 6 N–H and O–H groups in total. The van der Waals surface area contributed by atoms with E-state index in [4.69, 9.17) is 11.5 Å². The molecule has 102 valence electrons. The number of carbonyl (C=O) groups is 1. The summed E-state index contributed by atoms with van der Waals surface area (Å²) in [5.41, 5.74) is 13.4. The first-order valence-corrected chi connectivity index (χ1v) is 6.64. The second-order valence-electron chi connectivity index (χ2n) is 4.19. The molecule has 2 heterocycles. The maximum absolute atomic E-state index is 11.2. The molecule has 0 spiro atoms. The number of aromatic nitrogens is 3. The third kappa shape index (κ3) is 3.02. The molecule has 0 atom stereocenters. The molecule has 0 aliphatic carbocycles. The number of carbonyl (C=O) groups excluding carboxylic acids is 1. The highest BCUT2D eigenvalue weighted by Crippen LogP contribution is 2.26. The molecule has 8 heteroatoms. The van der Waals surface area contributed by atoms with E-state index in [1.54, 1.807) is 0 Å². The number of nitrogen functional groups attached to an aromatic ring is 1. The van der Waals surface area contributed by atoms with Crippen molar-refractivity contribution in [3.05, 3.63) is 23.0 Å². The average Bonchev–Trinajstić information content (AvgIpc) is 2.91. The van der Waals surface area contributed by atoms with Gasteiger partial charge in [-0.2, -0.15) is 9.47 Å². The summed E-state index contributed by atoms with van der Waals surface area (Å²) in [6, 6.07) is 0. The molecule has 2 aromatic rings. The Balaban J connectivity index is 1.86. The third-order valence-electron chi connectivity index (χ3n) is 2.81. The van der Waals surface area contributed by atoms with Gasteiger partial charge in [0.15, 0.2) is 5.82 Å². The maximum Gasteiger partial charge on any atom is 0.255 e. The van der Waals surface area contributed by atoms with E-state index in [9.17, 15) is 4.79 Å². The number of nitrogens with zero attached hydrogens (tertiary/aromatic N) is 2. The lowest BCUT2D eigenvalue weighted by Crippen LogP contribution is -2.15. The van der Waals surface area contributed by atoms with Gasteiger partial charge >= 0.3 is 0 Å². The molecule has 19 heavy (non-hydrogen) atoms. The summed E-state index contributed by atoms with van der Waals surface area (Å²) < 4.78 is 3.92. The van der Waals surface area contributed by atoms with Crippen molar-refractivity contribution in [1.82, 2.24) is 14.6 Å². The molecule has 0 aliphatic heterocycles. The molecule has 0 saturated carbocycles. The predicted molar refractivity (Wildman–Crippen MR) is 75.2 cm³/mol. The van der Waals surface area contributed by atoms with Crippen LogP contribution < -0.4 is 16.8 Å². The molecule has 1 amide bonds. The molecular formula is C11H16N6OS. The average molecular weight is 280 g/mol. The van der Waals surface area contributed by atoms with Gasteiger partial charge in [0.2, 0.25) is 0 Å². The summed E-state index contributed by atoms with van der Waals surface area (Å²) in [5, 5.41) is 10.6. The second kappa shape index (κ2) is 5.70. The summed E-state index contributed by atoms with van der Waals surface area (Å²) in [4.78, 5) is 11.2. The van der Waals surface area contributed by atoms with Gasteiger partial charge in [0.05, 0.1) is 6.20 Å². The van der Waals surface area contributed by atoms with Crippen LogP contribution in [0, 0.1) is 6.92 Å². The number of nitrogens with one attached hydrogen (secondary N) is 2. The fourth-order valence-electron chi connectivity index (χ4n) is 1.77. The number of aryl methyl sites for hydroxylation is 2. The Hall–Kier alpha value is -2.09. The van der Waals surface area contributed by atoms with Gasteiger partial charge in [-0.15, -0.1) is 0 Å². The number of amides is 1. The van der Waals surface area contributed by atoms with Crippen molar-refractivity contribution in [2.75, 3.05) is 17.6 Å². The number of hydrogen-bond acceptors (Lipinski definition) is 6. The van der Waals surface area contributed by atoms with Crippen molar-refractivity contribution in [3.8, 4) is 0 Å². The fourth-order valence-corrected chi connectivity index (χ4v) is 2.51. The van der Waals surface area contributed by atoms with Crippen LogP contribution in [0.15, 0.2) is 6.20 Å². The summed E-state index contributed by atoms with van der Waals surface area (Å²) in [6.07, 6.45) is 3.65. The molecule has 0 saturated heterocycles. The monoisotopic (exact) mass is 280 g/mol. The van der Waals surface area contributed by atoms with Crippen LogP contribution in [-0.2, 0) is 6.42 Å². The third-order valence-corrected chi connectivity index (χ3v) is 3.63. The number of hydrogen-bond donors (Lipinski definition) is 4. The first-order valence-electron chi connectivity index (χ1n) is 5.87. The minimum atomic E-state index is -0.556. The number of rotatable bonds is 6. The number of aromatic amines is 1. The molecule has 0 aliphatic rings. The number of primary amides is 1. The quantitative estimate of drug-likeness (QED) is 0.585. The first-order chi connectivity index (χ1) is 9.09. The van der Waals surface area contributed by atoms with Crippen molar-refractivity contribution in [2.24, 2.45) is 5.73 Å². The molecule has 0 fully saturated rings. The number of H-pyrrole nitrogens is 1. The van der Waals surface area contributed by atoms with Gasteiger partial charge in [0, 0.05) is 12.2 Å². The van der Waals surface area contributed by atoms with Gasteiger partial charge < -0.3 is 16.8 Å². The van der Waals surface area contributed by atoms with Crippen LogP contribution in [0.3, 0.4) is 0 Å². The van der Waals surface area contributed by atoms with E-state index < -0.39 is 5.91 Å². The van der Waals surface area contributed by atoms with Crippen molar-refractivity contribution >= 4 is 28.3 Å². The Kier molecular flexibility index (Phi) is 4.00. The van der Waals surface area contributed by atoms with E-state index in [1.807, 2.05) is 13.1 Å². The van der Waals surface area contributed by atoms with E-state index >= 15 is 0 Å². The topological polar surface area (TPSA) is 123 Å². The van der Waals surface area contributed by atoms with Gasteiger partial charge in [0.1, 0.15) is 10.6 Å². The van der Waals surface area contributed by atoms with Gasteiger partial charge in [-0.05, 0) is 36.9 Å². The van der Waals surface area contributed by atoms with Gasteiger partial charge in [0.25, 0.3) is 5.91 Å². The van der Waals surface area contributed by atoms with E-state index in [2.05, 4.69) is 19.9 Å². The van der Waals surface area contributed by atoms with E-state index in [0.29, 0.717) is 11.5 Å². The lowest BCUT2D eigenvalue weighted by molar-refractivity contribution is 0.100. The normalized spacial score (nSPS) is 10.6. The molecule has 0 bridgehead atoms. The molecule has 7 nitrogen and oxygen atoms in total. The lowest BCUT2D eigenvalue weighted by atomic mass is 10.1. The standard InChI is InChI=1S/C11H16N6OS/c1-6-7(5-15-16-6)3-2-4-14-11-8(10(13)18)9(12)17-19-11/h5,14H,2-4H2,1H3,(H2,12,17)(H2,13,18)(H,15,16). The fraction of sp³-hybridized carbons (Fsp3) is 0.364. The van der Waals surface area contributed by atoms with Gasteiger partial charge in [-0.1, -0.05) is 0 Å². The smallest absolute Gasteiger partial charge is 0.255 e. The summed E-state index contributed by atoms with van der Waals surface area (Å²) in [6.45, 7) is 2.71. The Bertz CT molecular complexity index is 576. The molecular weight excluding hydrogens is 264 g/mol. The Morgan fingerprint density at radius 1 is 1.58 bits per heavy atom. The zero-order valence-electron chi connectivity index (χ0n) is 10.6. The van der Waals surface area contributed by atoms with Crippen molar-refractivity contribution < 1.29 is 4.79 Å². The van der Waals surface area contributed by atoms with Crippen LogP contribution in [0.5, 0.6) is 0 Å². The second-order valence-corrected chi connectivity index (χ2v) is 4.96. The van der Waals surface area contributed by atoms with E-state index in [-0.39, 0.29) is 11.4 Å². The van der Waals surface area contributed by atoms with Crippen molar-refractivity contribution in [1.29, 1.82) is 0 Å². The Labute approximate surface area is 114 Å². The van der Waals surface area contributed by atoms with E-state index in [0.717, 1.165) is 30.1 Å². The highest BCUT2D eigenvalue weighted by atomic mass is 32.1. The minimum Gasteiger partial charge on any atom is -0.382 e. The van der Waals surface area contributed by atoms with Crippen molar-refractivity contribution in [3.63, 3.8) is 0 Å². The summed E-state index contributed by atoms with van der Waals surface area (Å²) >= 11 is 1.15. The summed E-state index contributed by atoms with van der Waals surface area (Å²) in [5.74, 6) is -0.370. The van der Waals surface area contributed by atoms with Crippen LogP contribution in [0.25, 0.3) is 0 Å². The first kappa shape index (κ1) is 13.3. The van der Waals surface area contributed by atoms with Crippen molar-refractivity contribution in [2.45, 2.75) is 19.8 Å². The van der Waals surface area contributed by atoms with Crippen LogP contribution in [0.1, 0.15) is 28.0 Å². The lowest BCUT2D eigenvalue weighted by Gasteiger charge is -2.04. The van der Waals surface area contributed by atoms with Crippen LogP contribution in [0.4, 0.5) is 10.8 Å². The van der Waals surface area contributed by atoms with Crippen LogP contribution in [0.2, 0.25) is 0 Å². The van der Waals surface area contributed by atoms with Crippen LogP contribution in [-0.4, -0.2) is 27.0 Å².